The number of nitrogens with zero attached hydrogens (tertiary/aromatic N) is 3. The van der Waals surface area contributed by atoms with Crippen LogP contribution in [0.4, 0.5) is 0 Å². The summed E-state index contributed by atoms with van der Waals surface area (Å²) in [6.45, 7) is 5.98. The lowest BCUT2D eigenvalue weighted by atomic mass is 10.0. The van der Waals surface area contributed by atoms with Crippen molar-refractivity contribution in [1.82, 2.24) is 14.7 Å². The molecule has 2 fully saturated rings. The van der Waals surface area contributed by atoms with E-state index < -0.39 is 6.10 Å². The number of aliphatic hydroxyl groups is 2. The van der Waals surface area contributed by atoms with Gasteiger partial charge in [-0.15, -0.1) is 0 Å². The molecule has 156 valence electrons. The maximum Gasteiger partial charge on any atom is 0.251 e. The average Bonchev–Trinajstić information content (AvgIpc) is 2.71. The predicted molar refractivity (Wildman–Crippen MR) is 110 cm³/mol. The van der Waals surface area contributed by atoms with Gasteiger partial charge in [-0.1, -0.05) is 6.07 Å². The second-order valence-corrected chi connectivity index (χ2v) is 8.52. The molecule has 2 saturated heterocycles. The van der Waals surface area contributed by atoms with Crippen molar-refractivity contribution < 1.29 is 20.1 Å². The molecule has 2 heterocycles. The third-order valence-electron chi connectivity index (χ3n) is 5.84. The van der Waals surface area contributed by atoms with Gasteiger partial charge in [0.25, 0.3) is 5.91 Å². The molecule has 8 heteroatoms. The molecule has 0 aromatic heterocycles. The summed E-state index contributed by atoms with van der Waals surface area (Å²) in [5.74, 6) is -0.0792. The zero-order valence-electron chi connectivity index (χ0n) is 16.1. The van der Waals surface area contributed by atoms with Crippen LogP contribution in [0.1, 0.15) is 18.4 Å². The number of aliphatic hydroxyl groups excluding tert-OH is 2. The number of hydrogen-bond acceptors (Lipinski definition) is 6. The summed E-state index contributed by atoms with van der Waals surface area (Å²) in [5, 5.41) is 29.0. The molecular weight excluding hydrogens is 426 g/mol. The van der Waals surface area contributed by atoms with Crippen LogP contribution >= 0.6 is 15.9 Å². The van der Waals surface area contributed by atoms with Crippen LogP contribution in [0.2, 0.25) is 0 Å². The van der Waals surface area contributed by atoms with Gasteiger partial charge in [0.15, 0.2) is 0 Å². The number of likely N-dealkylation sites (tertiary alicyclic amines) is 1. The number of β-amino-alcohol motifs (C(OH)–C–C–N with tert-alkyl or cyclic N) is 1. The molecular formula is C20H30BrN3O4. The van der Waals surface area contributed by atoms with Crippen LogP contribution in [-0.2, 0) is 11.2 Å². The molecule has 0 bridgehead atoms. The molecule has 1 amide bonds. The largest absolute Gasteiger partial charge is 0.507 e. The summed E-state index contributed by atoms with van der Waals surface area (Å²) in [6, 6.07) is 5.55. The van der Waals surface area contributed by atoms with Crippen LogP contribution in [0.25, 0.3) is 0 Å². The molecule has 7 nitrogen and oxygen atoms in total. The number of phenolic OH excluding ortho intramolecular Hbond substituents is 1. The second kappa shape index (κ2) is 10.0. The Labute approximate surface area is 174 Å². The maximum atomic E-state index is 12.6. The van der Waals surface area contributed by atoms with E-state index in [1.807, 2.05) is 0 Å². The Morgan fingerprint density at radius 2 is 1.82 bits per heavy atom. The topological polar surface area (TPSA) is 87.5 Å². The van der Waals surface area contributed by atoms with Gasteiger partial charge in [0.1, 0.15) is 11.9 Å². The van der Waals surface area contributed by atoms with E-state index in [1.165, 1.54) is 0 Å². The van der Waals surface area contributed by atoms with E-state index in [0.717, 1.165) is 51.1 Å². The van der Waals surface area contributed by atoms with Crippen molar-refractivity contribution in [3.8, 4) is 5.75 Å². The van der Waals surface area contributed by atoms with Gasteiger partial charge in [-0.25, -0.2) is 0 Å². The van der Waals surface area contributed by atoms with Crippen molar-refractivity contribution in [1.29, 1.82) is 0 Å². The minimum Gasteiger partial charge on any atom is -0.507 e. The van der Waals surface area contributed by atoms with Crippen LogP contribution in [0, 0.1) is 0 Å². The molecule has 0 unspecified atom stereocenters. The van der Waals surface area contributed by atoms with Gasteiger partial charge in [0.2, 0.25) is 0 Å². The number of carbonyl (C=O) groups excluding carboxylic acids is 1. The number of rotatable bonds is 6. The highest BCUT2D eigenvalue weighted by Crippen LogP contribution is 2.25. The number of piperidine rings is 1. The maximum absolute atomic E-state index is 12.6. The Bertz CT molecular complexity index is 659. The first kappa shape index (κ1) is 21.5. The molecule has 28 heavy (non-hydrogen) atoms. The Hall–Kier alpha value is -1.19. The molecule has 1 aromatic rings. The highest BCUT2D eigenvalue weighted by atomic mass is 79.9. The summed E-state index contributed by atoms with van der Waals surface area (Å²) in [7, 11) is 0. The molecule has 3 rings (SSSR count). The lowest BCUT2D eigenvalue weighted by Gasteiger charge is -2.43. The standard InChI is InChI=1S/C20H30BrN3O4/c21-17-13-15(1-2-18(17)26)14-19(27)20(28)24-9-7-23(8-10-24)16-3-5-22(6-4-16)11-12-25/h1-2,13,16,19,25-27H,3-12,14H2/t19-/m1/s1. The summed E-state index contributed by atoms with van der Waals surface area (Å²) >= 11 is 3.26. The number of benzene rings is 1. The first-order valence-corrected chi connectivity index (χ1v) is 10.8. The fraction of sp³-hybridized carbons (Fsp3) is 0.650. The molecule has 0 spiro atoms. The summed E-state index contributed by atoms with van der Waals surface area (Å²) in [5.41, 5.74) is 0.804. The predicted octanol–water partition coefficient (Wildman–Crippen LogP) is 0.659. The molecule has 0 radical (unpaired) electrons. The Balaban J connectivity index is 1.45. The monoisotopic (exact) mass is 455 g/mol. The van der Waals surface area contributed by atoms with Crippen LogP contribution < -0.4 is 0 Å². The van der Waals surface area contributed by atoms with Gasteiger partial charge < -0.3 is 25.1 Å². The van der Waals surface area contributed by atoms with Crippen molar-refractivity contribution in [3.05, 3.63) is 28.2 Å². The summed E-state index contributed by atoms with van der Waals surface area (Å²) in [6.07, 6.45) is 1.38. The third kappa shape index (κ3) is 5.45. The quantitative estimate of drug-likeness (QED) is 0.583. The number of aromatic hydroxyl groups is 1. The van der Waals surface area contributed by atoms with Crippen molar-refractivity contribution >= 4 is 21.8 Å². The van der Waals surface area contributed by atoms with Gasteiger partial charge in [-0.3, -0.25) is 9.69 Å². The number of phenols is 1. The highest BCUT2D eigenvalue weighted by Gasteiger charge is 2.30. The zero-order chi connectivity index (χ0) is 20.1. The number of halogens is 1. The number of carbonyl (C=O) groups is 1. The van der Waals surface area contributed by atoms with Crippen LogP contribution in [0.3, 0.4) is 0 Å². The lowest BCUT2D eigenvalue weighted by Crippen LogP contribution is -2.56. The fourth-order valence-corrected chi connectivity index (χ4v) is 4.58. The lowest BCUT2D eigenvalue weighted by molar-refractivity contribution is -0.142. The van der Waals surface area contributed by atoms with E-state index in [2.05, 4.69) is 25.7 Å². The van der Waals surface area contributed by atoms with E-state index >= 15 is 0 Å². The molecule has 3 N–H and O–H groups in total. The van der Waals surface area contributed by atoms with E-state index in [9.17, 15) is 15.0 Å². The van der Waals surface area contributed by atoms with Crippen molar-refractivity contribution in [3.63, 3.8) is 0 Å². The molecule has 2 aliphatic rings. The normalized spacial score (nSPS) is 21.0. The molecule has 0 aliphatic carbocycles. The first-order valence-electron chi connectivity index (χ1n) is 9.99. The van der Waals surface area contributed by atoms with E-state index in [4.69, 9.17) is 5.11 Å². The van der Waals surface area contributed by atoms with Gasteiger partial charge in [0, 0.05) is 45.2 Å². The Kier molecular flexibility index (Phi) is 7.70. The molecule has 1 aromatic carbocycles. The highest BCUT2D eigenvalue weighted by molar-refractivity contribution is 9.10. The van der Waals surface area contributed by atoms with Crippen molar-refractivity contribution in [2.75, 3.05) is 52.4 Å². The summed E-state index contributed by atoms with van der Waals surface area (Å²) < 4.78 is 0.559. The minimum atomic E-state index is -1.07. The van der Waals surface area contributed by atoms with Crippen molar-refractivity contribution in [2.24, 2.45) is 0 Å². The van der Waals surface area contributed by atoms with Crippen LogP contribution in [0.15, 0.2) is 22.7 Å². The fourth-order valence-electron chi connectivity index (χ4n) is 4.16. The minimum absolute atomic E-state index is 0.142. The average molecular weight is 456 g/mol. The molecule has 2 aliphatic heterocycles. The van der Waals surface area contributed by atoms with Crippen LogP contribution in [0.5, 0.6) is 5.75 Å². The van der Waals surface area contributed by atoms with Crippen LogP contribution in [-0.4, -0.2) is 100 Å². The number of hydrogen-bond donors (Lipinski definition) is 3. The molecule has 0 saturated carbocycles. The second-order valence-electron chi connectivity index (χ2n) is 7.66. The van der Waals surface area contributed by atoms with Gasteiger partial charge in [0.05, 0.1) is 11.1 Å². The van der Waals surface area contributed by atoms with Gasteiger partial charge >= 0.3 is 0 Å². The Morgan fingerprint density at radius 3 is 2.43 bits per heavy atom. The van der Waals surface area contributed by atoms with Crippen molar-refractivity contribution in [2.45, 2.75) is 31.4 Å². The van der Waals surface area contributed by atoms with Gasteiger partial charge in [-0.05, 0) is 59.6 Å². The first-order chi connectivity index (χ1) is 13.5. The smallest absolute Gasteiger partial charge is 0.251 e. The SMILES string of the molecule is O=C([C@H](O)Cc1ccc(O)c(Br)c1)N1CCN(C2CCN(CCO)CC2)CC1. The Morgan fingerprint density at radius 1 is 1.14 bits per heavy atom. The third-order valence-corrected chi connectivity index (χ3v) is 6.48. The van der Waals surface area contributed by atoms with E-state index in [-0.39, 0.29) is 24.7 Å². The van der Waals surface area contributed by atoms with Gasteiger partial charge in [-0.2, -0.15) is 0 Å². The number of amides is 1. The summed E-state index contributed by atoms with van der Waals surface area (Å²) in [4.78, 5) is 19.1. The zero-order valence-corrected chi connectivity index (χ0v) is 17.7. The van der Waals surface area contributed by atoms with E-state index in [0.29, 0.717) is 23.6 Å². The molecule has 1 atom stereocenters. The van der Waals surface area contributed by atoms with E-state index in [1.54, 1.807) is 23.1 Å². The number of piperazine rings is 1.